The van der Waals surface area contributed by atoms with Crippen LogP contribution in [-0.2, 0) is 19.3 Å². The van der Waals surface area contributed by atoms with E-state index in [1.54, 1.807) is 0 Å². The molecule has 0 saturated carbocycles. The lowest BCUT2D eigenvalue weighted by molar-refractivity contribution is -0.147. The van der Waals surface area contributed by atoms with E-state index in [1.807, 2.05) is 0 Å². The molecule has 2 aromatic rings. The zero-order chi connectivity index (χ0) is 14.3. The lowest BCUT2D eigenvalue weighted by Crippen LogP contribution is -2.30. The van der Waals surface area contributed by atoms with Gasteiger partial charge in [-0.15, -0.1) is 0 Å². The number of imidazole rings is 1. The summed E-state index contributed by atoms with van der Waals surface area (Å²) in [5.41, 5.74) is 1.22. The SMILES string of the molecule is Fc1ccc(-c2nc(C(F)(F)F)n3c2CNCC3)cc1. The molecule has 0 unspecified atom stereocenters. The van der Waals surface area contributed by atoms with Gasteiger partial charge in [0.05, 0.1) is 11.4 Å². The van der Waals surface area contributed by atoms with Gasteiger partial charge in [0.1, 0.15) is 5.82 Å². The van der Waals surface area contributed by atoms with Crippen LogP contribution in [0, 0.1) is 5.82 Å². The fourth-order valence-corrected chi connectivity index (χ4v) is 2.36. The van der Waals surface area contributed by atoms with E-state index in [2.05, 4.69) is 10.3 Å². The van der Waals surface area contributed by atoms with Gasteiger partial charge in [-0.2, -0.15) is 13.2 Å². The fraction of sp³-hybridized carbons (Fsp3) is 0.308. The first-order valence-corrected chi connectivity index (χ1v) is 6.10. The zero-order valence-corrected chi connectivity index (χ0v) is 10.3. The van der Waals surface area contributed by atoms with Gasteiger partial charge in [-0.3, -0.25) is 0 Å². The molecule has 0 amide bonds. The maximum Gasteiger partial charge on any atom is 0.449 e. The fourth-order valence-electron chi connectivity index (χ4n) is 2.36. The van der Waals surface area contributed by atoms with E-state index >= 15 is 0 Å². The summed E-state index contributed by atoms with van der Waals surface area (Å²) in [6.45, 7) is 1.00. The molecule has 3 rings (SSSR count). The Morgan fingerprint density at radius 2 is 1.85 bits per heavy atom. The Kier molecular flexibility index (Phi) is 3.01. The van der Waals surface area contributed by atoms with Crippen LogP contribution >= 0.6 is 0 Å². The monoisotopic (exact) mass is 285 g/mol. The van der Waals surface area contributed by atoms with Gasteiger partial charge in [-0.25, -0.2) is 9.37 Å². The van der Waals surface area contributed by atoms with Gasteiger partial charge in [0.2, 0.25) is 5.82 Å². The van der Waals surface area contributed by atoms with Gasteiger partial charge in [0.15, 0.2) is 0 Å². The van der Waals surface area contributed by atoms with E-state index in [0.717, 1.165) is 0 Å². The second-order valence-electron chi connectivity index (χ2n) is 4.56. The van der Waals surface area contributed by atoms with Gasteiger partial charge in [-0.1, -0.05) is 0 Å². The minimum atomic E-state index is -4.50. The first kappa shape index (κ1) is 13.1. The second-order valence-corrected chi connectivity index (χ2v) is 4.56. The largest absolute Gasteiger partial charge is 0.449 e. The molecule has 1 aromatic heterocycles. The van der Waals surface area contributed by atoms with E-state index in [-0.39, 0.29) is 12.2 Å². The predicted molar refractivity (Wildman–Crippen MR) is 64.3 cm³/mol. The molecular weight excluding hydrogens is 274 g/mol. The minimum Gasteiger partial charge on any atom is -0.321 e. The molecule has 20 heavy (non-hydrogen) atoms. The molecule has 0 aliphatic carbocycles. The summed E-state index contributed by atoms with van der Waals surface area (Å²) < 4.78 is 53.1. The summed E-state index contributed by atoms with van der Waals surface area (Å²) in [5, 5.41) is 3.02. The van der Waals surface area contributed by atoms with Crippen molar-refractivity contribution in [2.75, 3.05) is 6.54 Å². The van der Waals surface area contributed by atoms with Crippen molar-refractivity contribution in [1.82, 2.24) is 14.9 Å². The third kappa shape index (κ3) is 2.18. The smallest absolute Gasteiger partial charge is 0.321 e. The molecule has 3 nitrogen and oxygen atoms in total. The second kappa shape index (κ2) is 4.59. The van der Waals surface area contributed by atoms with Crippen molar-refractivity contribution in [2.24, 2.45) is 0 Å². The molecule has 7 heteroatoms. The van der Waals surface area contributed by atoms with Gasteiger partial charge in [0, 0.05) is 25.2 Å². The van der Waals surface area contributed by atoms with Crippen LogP contribution in [0.3, 0.4) is 0 Å². The highest BCUT2D eigenvalue weighted by Gasteiger charge is 2.39. The van der Waals surface area contributed by atoms with E-state index in [9.17, 15) is 17.6 Å². The third-order valence-electron chi connectivity index (χ3n) is 3.25. The number of hydrogen-bond acceptors (Lipinski definition) is 2. The van der Waals surface area contributed by atoms with E-state index in [1.165, 1.54) is 28.8 Å². The molecule has 0 radical (unpaired) electrons. The molecule has 0 bridgehead atoms. The van der Waals surface area contributed by atoms with E-state index in [4.69, 9.17) is 0 Å². The summed E-state index contributed by atoms with van der Waals surface area (Å²) in [6.07, 6.45) is -4.50. The predicted octanol–water partition coefficient (Wildman–Crippen LogP) is 2.81. The average molecular weight is 285 g/mol. The molecule has 1 aliphatic heterocycles. The van der Waals surface area contributed by atoms with E-state index in [0.29, 0.717) is 24.3 Å². The maximum absolute atomic E-state index is 13.0. The number of nitrogens with zero attached hydrogens (tertiary/aromatic N) is 2. The van der Waals surface area contributed by atoms with Crippen molar-refractivity contribution < 1.29 is 17.6 Å². The third-order valence-corrected chi connectivity index (χ3v) is 3.25. The van der Waals surface area contributed by atoms with Crippen LogP contribution in [-0.4, -0.2) is 16.1 Å². The highest BCUT2D eigenvalue weighted by atomic mass is 19.4. The molecule has 0 atom stereocenters. The van der Waals surface area contributed by atoms with Crippen LogP contribution in [0.25, 0.3) is 11.3 Å². The highest BCUT2D eigenvalue weighted by molar-refractivity contribution is 5.62. The molecule has 0 saturated heterocycles. The molecule has 1 aromatic carbocycles. The number of halogens is 4. The van der Waals surface area contributed by atoms with Crippen LogP contribution < -0.4 is 5.32 Å². The summed E-state index contributed by atoms with van der Waals surface area (Å²) in [4.78, 5) is 3.74. The molecule has 0 spiro atoms. The van der Waals surface area contributed by atoms with Gasteiger partial charge in [-0.05, 0) is 24.3 Å². The number of alkyl halides is 3. The lowest BCUT2D eigenvalue weighted by Gasteiger charge is -2.19. The van der Waals surface area contributed by atoms with Crippen LogP contribution in [0.1, 0.15) is 11.5 Å². The molecule has 106 valence electrons. The normalized spacial score (nSPS) is 15.2. The molecular formula is C13H11F4N3. The number of aromatic nitrogens is 2. The molecule has 0 fully saturated rings. The van der Waals surface area contributed by atoms with Crippen molar-refractivity contribution in [1.29, 1.82) is 0 Å². The Morgan fingerprint density at radius 1 is 1.15 bits per heavy atom. The highest BCUT2D eigenvalue weighted by Crippen LogP contribution is 2.34. The Labute approximate surface area is 112 Å². The number of hydrogen-bond donors (Lipinski definition) is 1. The Hall–Kier alpha value is -1.89. The summed E-state index contributed by atoms with van der Waals surface area (Å²) in [6, 6.07) is 5.30. The number of rotatable bonds is 1. The van der Waals surface area contributed by atoms with Gasteiger partial charge < -0.3 is 9.88 Å². The van der Waals surface area contributed by atoms with Crippen LogP contribution in [0.5, 0.6) is 0 Å². The van der Waals surface area contributed by atoms with Crippen LogP contribution in [0.2, 0.25) is 0 Å². The van der Waals surface area contributed by atoms with Crippen molar-refractivity contribution in [3.63, 3.8) is 0 Å². The first-order chi connectivity index (χ1) is 9.47. The lowest BCUT2D eigenvalue weighted by atomic mass is 10.1. The number of nitrogens with one attached hydrogen (secondary N) is 1. The Bertz CT molecular complexity index is 628. The van der Waals surface area contributed by atoms with Crippen molar-refractivity contribution in [2.45, 2.75) is 19.3 Å². The quantitative estimate of drug-likeness (QED) is 0.817. The van der Waals surface area contributed by atoms with Gasteiger partial charge in [0.25, 0.3) is 0 Å². The van der Waals surface area contributed by atoms with Crippen LogP contribution in [0.4, 0.5) is 17.6 Å². The summed E-state index contributed by atoms with van der Waals surface area (Å²) in [7, 11) is 0. The van der Waals surface area contributed by atoms with Crippen molar-refractivity contribution in [3.8, 4) is 11.3 Å². The first-order valence-electron chi connectivity index (χ1n) is 6.10. The summed E-state index contributed by atoms with van der Waals surface area (Å²) >= 11 is 0. The minimum absolute atomic E-state index is 0.221. The molecule has 2 heterocycles. The van der Waals surface area contributed by atoms with Crippen molar-refractivity contribution in [3.05, 3.63) is 41.6 Å². The zero-order valence-electron chi connectivity index (χ0n) is 10.3. The summed E-state index contributed by atoms with van der Waals surface area (Å²) in [5.74, 6) is -1.33. The molecule has 1 N–H and O–H groups in total. The number of fused-ring (bicyclic) bond motifs is 1. The molecule has 1 aliphatic rings. The number of benzene rings is 1. The van der Waals surface area contributed by atoms with Crippen molar-refractivity contribution >= 4 is 0 Å². The van der Waals surface area contributed by atoms with Gasteiger partial charge >= 0.3 is 6.18 Å². The Balaban J connectivity index is 2.16. The van der Waals surface area contributed by atoms with Crippen LogP contribution in [0.15, 0.2) is 24.3 Å². The maximum atomic E-state index is 13.0. The average Bonchev–Trinajstić information content (AvgIpc) is 2.79. The standard InChI is InChI=1S/C13H11F4N3/c14-9-3-1-8(2-4-9)11-10-7-18-5-6-20(10)12(19-11)13(15,16)17/h1-4,18H,5-7H2. The Morgan fingerprint density at radius 3 is 2.50 bits per heavy atom. The topological polar surface area (TPSA) is 29.9 Å². The van der Waals surface area contributed by atoms with E-state index < -0.39 is 17.8 Å².